The molecule has 0 aliphatic carbocycles. The van der Waals surface area contributed by atoms with Gasteiger partial charge in [-0.1, -0.05) is 0 Å². The Bertz CT molecular complexity index is 1290. The van der Waals surface area contributed by atoms with E-state index in [1.807, 2.05) is 6.07 Å². The van der Waals surface area contributed by atoms with Gasteiger partial charge in [-0.3, -0.25) is 0 Å². The van der Waals surface area contributed by atoms with Gasteiger partial charge in [-0.15, -0.1) is 0 Å². The molecule has 0 N–H and O–H groups in total. The quantitative estimate of drug-likeness (QED) is 0.263. The van der Waals surface area contributed by atoms with Gasteiger partial charge in [-0.25, -0.2) is 0 Å². The van der Waals surface area contributed by atoms with Crippen LogP contribution in [0.2, 0.25) is 13.1 Å². The number of likely N-dealkylation sites (N-methyl/N-ethyl adjacent to an activating group) is 2. The van der Waals surface area contributed by atoms with Crippen LogP contribution in [0.5, 0.6) is 0 Å². The van der Waals surface area contributed by atoms with Crippen molar-refractivity contribution in [2.75, 3.05) is 19.0 Å². The van der Waals surface area contributed by atoms with E-state index in [0.29, 0.717) is 4.67 Å². The molecule has 2 aromatic carbocycles. The molecule has 166 valence electrons. The summed E-state index contributed by atoms with van der Waals surface area (Å²) in [5.41, 5.74) is 2.69. The molecule has 0 bridgehead atoms. The molecule has 8 heteroatoms. The normalized spacial score (nSPS) is 17.3. The molecule has 2 aliphatic heterocycles. The van der Waals surface area contributed by atoms with Gasteiger partial charge in [0.15, 0.2) is 0 Å². The molecule has 3 aromatic rings. The van der Waals surface area contributed by atoms with Crippen molar-refractivity contribution >= 4 is 87.0 Å². The van der Waals surface area contributed by atoms with Crippen LogP contribution in [0.25, 0.3) is 6.08 Å². The fraction of sp³-hybridized carbons (Fsp3) is 0.160. The van der Waals surface area contributed by atoms with Gasteiger partial charge < -0.3 is 0 Å². The van der Waals surface area contributed by atoms with Gasteiger partial charge in [-0.2, -0.15) is 0 Å². The Morgan fingerprint density at radius 1 is 0.818 bits per heavy atom. The summed E-state index contributed by atoms with van der Waals surface area (Å²) in [5, 5.41) is 2.85. The van der Waals surface area contributed by atoms with Gasteiger partial charge in [0.2, 0.25) is 0 Å². The molecule has 5 nitrogen and oxygen atoms in total. The Hall–Kier alpha value is -2.47. The van der Waals surface area contributed by atoms with Crippen molar-refractivity contribution in [3.05, 3.63) is 70.7 Å². The predicted octanol–water partition coefficient (Wildman–Crippen LogP) is 1.92. The molecule has 0 saturated carbocycles. The molecule has 1 fully saturated rings. The summed E-state index contributed by atoms with van der Waals surface area (Å²) in [5.74, 6) is -0.558. The van der Waals surface area contributed by atoms with Crippen LogP contribution in [0, 0.1) is 0 Å². The summed E-state index contributed by atoms with van der Waals surface area (Å²) in [7, 11) is 1.54. The second kappa shape index (κ2) is 8.08. The van der Waals surface area contributed by atoms with Gasteiger partial charge in [0, 0.05) is 0 Å². The Morgan fingerprint density at radius 2 is 1.33 bits per heavy atom. The number of anilines is 3. The Morgan fingerprint density at radius 3 is 1.88 bits per heavy atom. The number of rotatable bonds is 2. The molecule has 33 heavy (non-hydrogen) atoms. The van der Waals surface area contributed by atoms with Crippen LogP contribution in [0.3, 0.4) is 0 Å². The Balaban J connectivity index is 1.61. The maximum absolute atomic E-state index is 12.8. The summed E-state index contributed by atoms with van der Waals surface area (Å²) in [6, 6.07) is 21.6. The standard InChI is InChI=1S/C25H23N3O2Se2Si/c1-26-23(29)17(24(30)27(2)25(26)31)15-16-13-14-22(32-16)28-18-9-5-7-11-20(18)33(3,4)21-12-8-6-10-19(21)28/h5-15H,1-4H3. The molecule has 0 spiro atoms. The molecule has 0 atom stereocenters. The molecule has 1 aromatic heterocycles. The first-order valence-electron chi connectivity index (χ1n) is 10.6. The number of carbonyl (C=O) groups excluding carboxylic acids is 2. The number of hydrogen-bond donors (Lipinski definition) is 0. The summed E-state index contributed by atoms with van der Waals surface area (Å²) in [6.45, 7) is 4.82. The van der Waals surface area contributed by atoms with E-state index in [4.69, 9.17) is 0 Å². The third-order valence-electron chi connectivity index (χ3n) is 6.40. The number of carbonyl (C=O) groups is 2. The van der Waals surface area contributed by atoms with E-state index in [-0.39, 0.29) is 31.9 Å². The van der Waals surface area contributed by atoms with Crippen molar-refractivity contribution in [1.82, 2.24) is 9.80 Å². The van der Waals surface area contributed by atoms with Crippen LogP contribution in [0.4, 0.5) is 15.9 Å². The van der Waals surface area contributed by atoms with Crippen LogP contribution >= 0.6 is 0 Å². The van der Waals surface area contributed by atoms with E-state index < -0.39 is 8.07 Å². The van der Waals surface area contributed by atoms with E-state index >= 15 is 0 Å². The van der Waals surface area contributed by atoms with Crippen LogP contribution in [0.1, 0.15) is 4.44 Å². The van der Waals surface area contributed by atoms with Gasteiger partial charge in [0.1, 0.15) is 0 Å². The third-order valence-corrected chi connectivity index (χ3v) is 13.2. The van der Waals surface area contributed by atoms with Crippen molar-refractivity contribution in [2.45, 2.75) is 13.1 Å². The van der Waals surface area contributed by atoms with Crippen molar-refractivity contribution < 1.29 is 9.59 Å². The molecule has 3 heterocycles. The fourth-order valence-electron chi connectivity index (χ4n) is 4.56. The van der Waals surface area contributed by atoms with Crippen LogP contribution < -0.4 is 15.3 Å². The molecular weight excluding hydrogens is 560 g/mol. The number of nitrogens with zero attached hydrogens (tertiary/aromatic N) is 3. The molecule has 2 aliphatic rings. The average molecular weight is 583 g/mol. The van der Waals surface area contributed by atoms with Crippen molar-refractivity contribution in [1.29, 1.82) is 0 Å². The Kier molecular flexibility index (Phi) is 5.47. The van der Waals surface area contributed by atoms with Crippen molar-refractivity contribution in [3.8, 4) is 0 Å². The minimum atomic E-state index is -1.81. The number of fused-ring (bicyclic) bond motifs is 2. The summed E-state index contributed by atoms with van der Waals surface area (Å²) in [4.78, 5) is 30.9. The Labute approximate surface area is 208 Å². The van der Waals surface area contributed by atoms with Crippen LogP contribution in [-0.2, 0) is 9.59 Å². The maximum atomic E-state index is 12.8. The summed E-state index contributed by atoms with van der Waals surface area (Å²) in [6.07, 6.45) is 1.77. The van der Waals surface area contributed by atoms with E-state index in [2.05, 4.69) is 88.2 Å². The van der Waals surface area contributed by atoms with Crippen LogP contribution in [0.15, 0.2) is 66.2 Å². The molecule has 5 rings (SSSR count). The SMILES string of the molecule is CN1C(=O)C(=Cc2ccc(N3c4ccccc4[Si](C)(C)c4ccccc43)[se]2)C(=O)N(C)C1=[Se]. The van der Waals surface area contributed by atoms with E-state index in [0.717, 1.165) is 4.44 Å². The van der Waals surface area contributed by atoms with Gasteiger partial charge >= 0.3 is 209 Å². The minimum absolute atomic E-state index is 0.0453. The number of para-hydroxylation sites is 2. The fourth-order valence-corrected chi connectivity index (χ4v) is 9.95. The summed E-state index contributed by atoms with van der Waals surface area (Å²) >= 11 is 2.76. The van der Waals surface area contributed by atoms with E-state index in [1.54, 1.807) is 20.2 Å². The third kappa shape index (κ3) is 3.45. The molecule has 2 amide bonds. The van der Waals surface area contributed by atoms with E-state index in [1.165, 1.54) is 36.1 Å². The average Bonchev–Trinajstić information content (AvgIpc) is 3.28. The summed E-state index contributed by atoms with van der Waals surface area (Å²) < 4.78 is 2.73. The molecule has 1 saturated heterocycles. The zero-order valence-electron chi connectivity index (χ0n) is 18.8. The van der Waals surface area contributed by atoms with Gasteiger partial charge in [0.05, 0.1) is 0 Å². The predicted molar refractivity (Wildman–Crippen MR) is 139 cm³/mol. The molecule has 0 radical (unpaired) electrons. The van der Waals surface area contributed by atoms with Gasteiger partial charge in [0.25, 0.3) is 0 Å². The first kappa shape index (κ1) is 22.3. The zero-order chi connectivity index (χ0) is 23.5. The number of hydrogen-bond acceptors (Lipinski definition) is 3. The van der Waals surface area contributed by atoms with Crippen LogP contribution in [-0.4, -0.2) is 78.5 Å². The molecule has 0 unspecified atom stereocenters. The first-order valence-corrected chi connectivity index (χ1v) is 16.2. The molecular formula is C25H23N3O2Se2Si. The topological polar surface area (TPSA) is 43.9 Å². The number of benzene rings is 2. The van der Waals surface area contributed by atoms with Crippen molar-refractivity contribution in [2.24, 2.45) is 0 Å². The zero-order valence-corrected chi connectivity index (χ0v) is 23.3. The number of amides is 2. The second-order valence-corrected chi connectivity index (χ2v) is 16.1. The van der Waals surface area contributed by atoms with Crippen molar-refractivity contribution in [3.63, 3.8) is 0 Å². The first-order chi connectivity index (χ1) is 15.7. The van der Waals surface area contributed by atoms with E-state index in [9.17, 15) is 9.59 Å². The second-order valence-electron chi connectivity index (χ2n) is 8.74. The van der Waals surface area contributed by atoms with Gasteiger partial charge in [-0.05, 0) is 0 Å². The monoisotopic (exact) mass is 585 g/mol.